The number of nitrogens with one attached hydrogen (secondary N) is 1. The van der Waals surface area contributed by atoms with Crippen LogP contribution in [0.25, 0.3) is 0 Å². The molecule has 0 bridgehead atoms. The Bertz CT molecular complexity index is 848. The zero-order valence-corrected chi connectivity index (χ0v) is 13.3. The number of rotatable bonds is 1. The molecular formula is C18H18N4O2. The number of nitrogens with zero attached hydrogens (tertiary/aromatic N) is 3. The predicted molar refractivity (Wildman–Crippen MR) is 90.4 cm³/mol. The number of fused-ring (bicyclic) bond motifs is 2. The van der Waals surface area contributed by atoms with E-state index in [0.717, 1.165) is 23.5 Å². The summed E-state index contributed by atoms with van der Waals surface area (Å²) in [6.07, 6.45) is 8.65. The summed E-state index contributed by atoms with van der Waals surface area (Å²) in [7, 11) is 1.89. The Labute approximate surface area is 139 Å². The number of anilines is 1. The molecule has 0 fully saturated rings. The molecule has 6 heteroatoms. The number of benzene rings is 1. The summed E-state index contributed by atoms with van der Waals surface area (Å²) in [6.45, 7) is 0.492. The molecule has 1 atom stereocenters. The fourth-order valence-corrected chi connectivity index (χ4v) is 3.21. The van der Waals surface area contributed by atoms with Crippen molar-refractivity contribution in [1.82, 2.24) is 14.7 Å². The quantitative estimate of drug-likeness (QED) is 0.846. The smallest absolute Gasteiger partial charge is 0.254 e. The SMILES string of the molecule is Cn1ncc2c1NC1=CC=CCC1N(C(=O)c1ccc(O)cc1)C2. The van der Waals surface area contributed by atoms with Gasteiger partial charge in [-0.05, 0) is 36.8 Å². The van der Waals surface area contributed by atoms with Crippen LogP contribution in [0.1, 0.15) is 22.3 Å². The lowest BCUT2D eigenvalue weighted by molar-refractivity contribution is 0.0694. The molecular weight excluding hydrogens is 304 g/mol. The summed E-state index contributed by atoms with van der Waals surface area (Å²) in [4.78, 5) is 14.9. The molecule has 1 aliphatic heterocycles. The summed E-state index contributed by atoms with van der Waals surface area (Å²) in [5.74, 6) is 1.02. The van der Waals surface area contributed by atoms with Gasteiger partial charge in [-0.15, -0.1) is 0 Å². The molecule has 1 aromatic heterocycles. The Balaban J connectivity index is 1.75. The maximum absolute atomic E-state index is 13.1. The molecule has 122 valence electrons. The molecule has 2 heterocycles. The van der Waals surface area contributed by atoms with E-state index >= 15 is 0 Å². The van der Waals surface area contributed by atoms with Crippen LogP contribution in [0.3, 0.4) is 0 Å². The standard InChI is InChI=1S/C18H18N4O2/c1-21-17-13(10-19-21)11-22(16-5-3-2-4-15(16)20-17)18(24)12-6-8-14(23)9-7-12/h2-4,6-10,16,20,23H,5,11H2,1H3. The number of allylic oxidation sites excluding steroid dienone is 2. The van der Waals surface area contributed by atoms with Crippen molar-refractivity contribution >= 4 is 11.7 Å². The van der Waals surface area contributed by atoms with Crippen LogP contribution in [0.5, 0.6) is 5.75 Å². The van der Waals surface area contributed by atoms with Gasteiger partial charge < -0.3 is 15.3 Å². The molecule has 2 N–H and O–H groups in total. The summed E-state index contributed by atoms with van der Waals surface area (Å²) in [5.41, 5.74) is 2.54. The molecule has 0 saturated heterocycles. The minimum absolute atomic E-state index is 0.0382. The van der Waals surface area contributed by atoms with Gasteiger partial charge in [0.1, 0.15) is 11.6 Å². The summed E-state index contributed by atoms with van der Waals surface area (Å²) >= 11 is 0. The van der Waals surface area contributed by atoms with E-state index in [2.05, 4.69) is 16.5 Å². The molecule has 0 spiro atoms. The fraction of sp³-hybridized carbons (Fsp3) is 0.222. The Morgan fingerprint density at radius 3 is 2.92 bits per heavy atom. The van der Waals surface area contributed by atoms with Crippen molar-refractivity contribution in [3.8, 4) is 5.75 Å². The van der Waals surface area contributed by atoms with Gasteiger partial charge in [-0.3, -0.25) is 9.48 Å². The number of aryl methyl sites for hydroxylation is 1. The molecule has 0 radical (unpaired) electrons. The van der Waals surface area contributed by atoms with Gasteiger partial charge in [-0.25, -0.2) is 0 Å². The van der Waals surface area contributed by atoms with Crippen LogP contribution in [0.15, 0.2) is 54.4 Å². The van der Waals surface area contributed by atoms with Crippen LogP contribution >= 0.6 is 0 Å². The maximum atomic E-state index is 13.1. The van der Waals surface area contributed by atoms with E-state index in [4.69, 9.17) is 0 Å². The third-order valence-corrected chi connectivity index (χ3v) is 4.50. The zero-order chi connectivity index (χ0) is 16.7. The lowest BCUT2D eigenvalue weighted by Crippen LogP contribution is -2.41. The Hall–Kier alpha value is -3.02. The first-order valence-corrected chi connectivity index (χ1v) is 7.88. The maximum Gasteiger partial charge on any atom is 0.254 e. The molecule has 2 aliphatic rings. The van der Waals surface area contributed by atoms with E-state index in [-0.39, 0.29) is 17.7 Å². The van der Waals surface area contributed by atoms with Crippen LogP contribution in [0, 0.1) is 0 Å². The molecule has 1 aliphatic carbocycles. The lowest BCUT2D eigenvalue weighted by atomic mass is 10.0. The van der Waals surface area contributed by atoms with Crippen LogP contribution in [-0.4, -0.2) is 31.7 Å². The highest BCUT2D eigenvalue weighted by atomic mass is 16.3. The number of aromatic nitrogens is 2. The van der Waals surface area contributed by atoms with Crippen molar-refractivity contribution in [2.45, 2.75) is 19.0 Å². The third-order valence-electron chi connectivity index (χ3n) is 4.50. The number of hydrogen-bond donors (Lipinski definition) is 2. The fourth-order valence-electron chi connectivity index (χ4n) is 3.21. The second-order valence-electron chi connectivity index (χ2n) is 6.05. The monoisotopic (exact) mass is 322 g/mol. The summed E-state index contributed by atoms with van der Waals surface area (Å²) in [6, 6.07) is 6.35. The highest BCUT2D eigenvalue weighted by Crippen LogP contribution is 2.31. The average Bonchev–Trinajstić information content (AvgIpc) is 2.85. The Kier molecular flexibility index (Phi) is 3.37. The predicted octanol–water partition coefficient (Wildman–Crippen LogP) is 2.41. The zero-order valence-electron chi connectivity index (χ0n) is 13.3. The molecule has 1 aromatic carbocycles. The van der Waals surface area contributed by atoms with E-state index in [9.17, 15) is 9.90 Å². The van der Waals surface area contributed by atoms with Gasteiger partial charge in [0.25, 0.3) is 5.91 Å². The lowest BCUT2D eigenvalue weighted by Gasteiger charge is -2.32. The first kappa shape index (κ1) is 14.6. The highest BCUT2D eigenvalue weighted by molar-refractivity contribution is 5.95. The van der Waals surface area contributed by atoms with Crippen LogP contribution < -0.4 is 5.32 Å². The Morgan fingerprint density at radius 2 is 2.12 bits per heavy atom. The molecule has 0 saturated carbocycles. The van der Waals surface area contributed by atoms with Crippen molar-refractivity contribution in [2.24, 2.45) is 7.05 Å². The highest BCUT2D eigenvalue weighted by Gasteiger charge is 2.32. The van der Waals surface area contributed by atoms with Gasteiger partial charge >= 0.3 is 0 Å². The normalized spacial score (nSPS) is 19.0. The van der Waals surface area contributed by atoms with E-state index in [0.29, 0.717) is 12.1 Å². The number of amides is 1. The topological polar surface area (TPSA) is 70.4 Å². The summed E-state index contributed by atoms with van der Waals surface area (Å²) in [5, 5.41) is 17.2. The minimum Gasteiger partial charge on any atom is -0.508 e. The number of phenols is 1. The van der Waals surface area contributed by atoms with E-state index in [1.54, 1.807) is 23.0 Å². The molecule has 1 unspecified atom stereocenters. The van der Waals surface area contributed by atoms with E-state index in [1.807, 2.05) is 24.1 Å². The van der Waals surface area contributed by atoms with Gasteiger partial charge in [0.05, 0.1) is 18.8 Å². The second-order valence-corrected chi connectivity index (χ2v) is 6.05. The Morgan fingerprint density at radius 1 is 1.33 bits per heavy atom. The van der Waals surface area contributed by atoms with E-state index < -0.39 is 0 Å². The molecule has 4 rings (SSSR count). The first-order valence-electron chi connectivity index (χ1n) is 7.88. The minimum atomic E-state index is -0.0558. The van der Waals surface area contributed by atoms with Crippen LogP contribution in [0.4, 0.5) is 5.82 Å². The summed E-state index contributed by atoms with van der Waals surface area (Å²) < 4.78 is 1.79. The number of carbonyl (C=O) groups is 1. The van der Waals surface area contributed by atoms with Crippen molar-refractivity contribution in [3.63, 3.8) is 0 Å². The van der Waals surface area contributed by atoms with Crippen molar-refractivity contribution < 1.29 is 9.90 Å². The third kappa shape index (κ3) is 2.36. The van der Waals surface area contributed by atoms with Crippen LogP contribution in [0.2, 0.25) is 0 Å². The average molecular weight is 322 g/mol. The largest absolute Gasteiger partial charge is 0.508 e. The van der Waals surface area contributed by atoms with Crippen molar-refractivity contribution in [2.75, 3.05) is 5.32 Å². The molecule has 2 aromatic rings. The van der Waals surface area contributed by atoms with Gasteiger partial charge in [0, 0.05) is 23.9 Å². The van der Waals surface area contributed by atoms with Gasteiger partial charge in [0.15, 0.2) is 0 Å². The van der Waals surface area contributed by atoms with Crippen molar-refractivity contribution in [1.29, 1.82) is 0 Å². The van der Waals surface area contributed by atoms with Gasteiger partial charge in [0.2, 0.25) is 0 Å². The molecule has 24 heavy (non-hydrogen) atoms. The molecule has 6 nitrogen and oxygen atoms in total. The number of phenolic OH excluding ortho intramolecular Hbond substituents is 1. The number of aromatic hydroxyl groups is 1. The number of carbonyl (C=O) groups excluding carboxylic acids is 1. The van der Waals surface area contributed by atoms with Gasteiger partial charge in [-0.2, -0.15) is 5.10 Å². The van der Waals surface area contributed by atoms with E-state index in [1.165, 1.54) is 12.1 Å². The molecule has 1 amide bonds. The van der Waals surface area contributed by atoms with Gasteiger partial charge in [-0.1, -0.05) is 12.2 Å². The van der Waals surface area contributed by atoms with Crippen LogP contribution in [-0.2, 0) is 13.6 Å². The first-order chi connectivity index (χ1) is 11.6. The number of hydrogen-bond acceptors (Lipinski definition) is 4. The van der Waals surface area contributed by atoms with Crippen molar-refractivity contribution in [3.05, 3.63) is 65.5 Å². The second kappa shape index (κ2) is 5.56.